The predicted molar refractivity (Wildman–Crippen MR) is 111 cm³/mol. The summed E-state index contributed by atoms with van der Waals surface area (Å²) in [6, 6.07) is 4.29. The van der Waals surface area contributed by atoms with Crippen LogP contribution < -0.4 is 5.32 Å². The van der Waals surface area contributed by atoms with Crippen molar-refractivity contribution in [3.63, 3.8) is 0 Å². The summed E-state index contributed by atoms with van der Waals surface area (Å²) in [6.45, 7) is 1.84. The van der Waals surface area contributed by atoms with Gasteiger partial charge in [-0.3, -0.25) is 14.5 Å². The molecular weight excluding hydrogens is 451 g/mol. The average molecular weight is 467 g/mol. The molecule has 0 spiro atoms. The molecule has 0 bridgehead atoms. The van der Waals surface area contributed by atoms with Crippen LogP contribution in [-0.2, 0) is 9.59 Å². The van der Waals surface area contributed by atoms with E-state index < -0.39 is 35.0 Å². The molecule has 1 fully saturated rings. The second-order valence-electron chi connectivity index (χ2n) is 6.50. The first-order valence-corrected chi connectivity index (χ1v) is 11.6. The zero-order chi connectivity index (χ0) is 21.4. The molecule has 0 radical (unpaired) electrons. The molecule has 30 heavy (non-hydrogen) atoms. The number of halogens is 1. The molecule has 2 aliphatic heterocycles. The molecule has 2 aliphatic rings. The number of benzene rings is 1. The Labute approximate surface area is 182 Å². The Bertz CT molecular complexity index is 1070. The van der Waals surface area contributed by atoms with Crippen molar-refractivity contribution in [2.24, 2.45) is 0 Å². The highest BCUT2D eigenvalue weighted by atomic mass is 32.2. The largest absolute Gasteiger partial charge is 0.477 e. The molecule has 2 aromatic rings. The molecular formula is C18H15FN4O4S3. The molecule has 0 aliphatic carbocycles. The van der Waals surface area contributed by atoms with Gasteiger partial charge in [0.25, 0.3) is 11.8 Å². The van der Waals surface area contributed by atoms with Crippen LogP contribution in [0.2, 0.25) is 0 Å². The highest BCUT2D eigenvalue weighted by molar-refractivity contribution is 8.01. The number of hydrogen-bond donors (Lipinski definition) is 2. The summed E-state index contributed by atoms with van der Waals surface area (Å²) in [4.78, 5) is 38.1. The average Bonchev–Trinajstić information content (AvgIpc) is 3.14. The monoisotopic (exact) mass is 466 g/mol. The lowest BCUT2D eigenvalue weighted by Crippen LogP contribution is -2.70. The molecule has 4 rings (SSSR count). The number of fused-ring (bicyclic) bond motifs is 1. The number of rotatable bonds is 6. The molecule has 1 aromatic carbocycles. The van der Waals surface area contributed by atoms with Gasteiger partial charge in [-0.25, -0.2) is 9.18 Å². The molecule has 0 saturated carbocycles. The lowest BCUT2D eigenvalue weighted by Gasteiger charge is -2.49. The molecule has 0 unspecified atom stereocenters. The van der Waals surface area contributed by atoms with Crippen molar-refractivity contribution in [3.05, 3.63) is 51.9 Å². The van der Waals surface area contributed by atoms with Gasteiger partial charge in [-0.2, -0.15) is 0 Å². The number of β-lactam (4-membered cyclic amide) rings is 1. The minimum absolute atomic E-state index is 0.0475. The number of carbonyl (C=O) groups excluding carboxylic acids is 2. The number of thioether (sulfide) groups is 2. The van der Waals surface area contributed by atoms with Gasteiger partial charge in [0.2, 0.25) is 0 Å². The van der Waals surface area contributed by atoms with Gasteiger partial charge >= 0.3 is 5.97 Å². The van der Waals surface area contributed by atoms with Crippen LogP contribution in [0, 0.1) is 12.7 Å². The van der Waals surface area contributed by atoms with E-state index >= 15 is 0 Å². The van der Waals surface area contributed by atoms with Crippen molar-refractivity contribution >= 4 is 52.6 Å². The summed E-state index contributed by atoms with van der Waals surface area (Å²) in [6.07, 6.45) is 0. The van der Waals surface area contributed by atoms with Gasteiger partial charge in [0.15, 0.2) is 4.34 Å². The Kier molecular flexibility index (Phi) is 5.80. The highest BCUT2D eigenvalue weighted by Gasteiger charge is 2.54. The van der Waals surface area contributed by atoms with Gasteiger partial charge in [0, 0.05) is 17.1 Å². The van der Waals surface area contributed by atoms with E-state index in [4.69, 9.17) is 0 Å². The summed E-state index contributed by atoms with van der Waals surface area (Å²) in [5, 5.41) is 20.5. The van der Waals surface area contributed by atoms with Crippen molar-refractivity contribution in [3.8, 4) is 0 Å². The van der Waals surface area contributed by atoms with Crippen LogP contribution in [0.1, 0.15) is 15.4 Å². The fourth-order valence-corrected chi connectivity index (χ4v) is 6.43. The number of carbonyl (C=O) groups is 3. The number of aromatic nitrogens is 2. The SMILES string of the molecule is Cc1nnc(SCC2=C(C(=O)O)N3C(=O)[C@@H](NC(=O)c4cccc(F)c4)[C@@H]3SC2)s1. The number of amides is 2. The van der Waals surface area contributed by atoms with E-state index in [1.165, 1.54) is 58.0 Å². The van der Waals surface area contributed by atoms with Crippen LogP contribution >= 0.6 is 34.9 Å². The Morgan fingerprint density at radius 3 is 2.87 bits per heavy atom. The maximum absolute atomic E-state index is 13.3. The van der Waals surface area contributed by atoms with Gasteiger partial charge in [-0.15, -0.1) is 22.0 Å². The van der Waals surface area contributed by atoms with E-state index in [9.17, 15) is 23.9 Å². The molecule has 1 aromatic heterocycles. The number of nitrogens with one attached hydrogen (secondary N) is 1. The molecule has 2 amide bonds. The summed E-state index contributed by atoms with van der Waals surface area (Å²) >= 11 is 4.18. The second kappa shape index (κ2) is 8.36. The lowest BCUT2D eigenvalue weighted by molar-refractivity contribution is -0.148. The van der Waals surface area contributed by atoms with Crippen LogP contribution in [0.25, 0.3) is 0 Å². The minimum atomic E-state index is -1.19. The van der Waals surface area contributed by atoms with E-state index in [2.05, 4.69) is 15.5 Å². The molecule has 2 atom stereocenters. The van der Waals surface area contributed by atoms with Gasteiger partial charge in [-0.05, 0) is 30.7 Å². The van der Waals surface area contributed by atoms with Crippen LogP contribution in [0.15, 0.2) is 39.9 Å². The summed E-state index contributed by atoms with van der Waals surface area (Å²) in [5.41, 5.74) is 0.666. The van der Waals surface area contributed by atoms with E-state index in [-0.39, 0.29) is 11.3 Å². The Hall–Kier alpha value is -2.44. The van der Waals surface area contributed by atoms with Crippen LogP contribution in [0.5, 0.6) is 0 Å². The highest BCUT2D eigenvalue weighted by Crippen LogP contribution is 2.41. The first kappa shape index (κ1) is 20.8. The van der Waals surface area contributed by atoms with Crippen molar-refractivity contribution in [1.29, 1.82) is 0 Å². The first-order chi connectivity index (χ1) is 14.3. The molecule has 156 valence electrons. The molecule has 12 heteroatoms. The quantitative estimate of drug-likeness (QED) is 0.492. The topological polar surface area (TPSA) is 112 Å². The summed E-state index contributed by atoms with van der Waals surface area (Å²) < 4.78 is 14.1. The molecule has 1 saturated heterocycles. The van der Waals surface area contributed by atoms with Crippen molar-refractivity contribution < 1.29 is 23.9 Å². The van der Waals surface area contributed by atoms with Crippen molar-refractivity contribution in [2.45, 2.75) is 22.7 Å². The Morgan fingerprint density at radius 1 is 1.40 bits per heavy atom. The maximum atomic E-state index is 13.3. The standard InChI is InChI=1S/C18H15FN4O4S3/c1-8-21-22-18(30-8)29-7-10-6-28-16-12(15(25)23(16)13(10)17(26)27)20-14(24)9-3-2-4-11(19)5-9/h2-5,12,16H,6-7H2,1H3,(H,20,24)(H,26,27)/t12-,16+/m1/s1. The zero-order valence-corrected chi connectivity index (χ0v) is 17.9. The van der Waals surface area contributed by atoms with E-state index in [1.807, 2.05) is 6.92 Å². The van der Waals surface area contributed by atoms with Gasteiger partial charge < -0.3 is 10.4 Å². The van der Waals surface area contributed by atoms with Crippen LogP contribution in [-0.4, -0.2) is 60.9 Å². The Morgan fingerprint density at radius 2 is 2.20 bits per heavy atom. The number of aryl methyl sites for hydroxylation is 1. The van der Waals surface area contributed by atoms with E-state index in [1.54, 1.807) is 0 Å². The minimum Gasteiger partial charge on any atom is -0.477 e. The van der Waals surface area contributed by atoms with Crippen molar-refractivity contribution in [1.82, 2.24) is 20.4 Å². The second-order valence-corrected chi connectivity index (χ2v) is 10.0. The lowest BCUT2D eigenvalue weighted by atomic mass is 10.0. The third-order valence-corrected chi connectivity index (χ3v) is 7.90. The smallest absolute Gasteiger partial charge is 0.352 e. The van der Waals surface area contributed by atoms with Gasteiger partial charge in [0.1, 0.15) is 27.9 Å². The van der Waals surface area contributed by atoms with Gasteiger partial charge in [-0.1, -0.05) is 29.2 Å². The molecule has 2 N–H and O–H groups in total. The molecule has 8 nitrogen and oxygen atoms in total. The fraction of sp³-hybridized carbons (Fsp3) is 0.278. The van der Waals surface area contributed by atoms with Gasteiger partial charge in [0.05, 0.1) is 0 Å². The summed E-state index contributed by atoms with van der Waals surface area (Å²) in [7, 11) is 0. The number of aliphatic carboxylic acids is 1. The normalized spacial score (nSPS) is 20.6. The predicted octanol–water partition coefficient (Wildman–Crippen LogP) is 2.13. The van der Waals surface area contributed by atoms with Crippen LogP contribution in [0.4, 0.5) is 4.39 Å². The third kappa shape index (κ3) is 3.94. The number of carboxylic acids is 1. The van der Waals surface area contributed by atoms with E-state index in [0.717, 1.165) is 15.4 Å². The van der Waals surface area contributed by atoms with Crippen LogP contribution in [0.3, 0.4) is 0 Å². The van der Waals surface area contributed by atoms with Crippen molar-refractivity contribution in [2.75, 3.05) is 11.5 Å². The molecule has 3 heterocycles. The summed E-state index contributed by atoms with van der Waals surface area (Å²) in [5.74, 6) is -2.04. The number of carboxylic acid groups (broad SMARTS) is 1. The number of hydrogen-bond acceptors (Lipinski definition) is 8. The third-order valence-electron chi connectivity index (χ3n) is 4.50. The number of nitrogens with zero attached hydrogens (tertiary/aromatic N) is 3. The zero-order valence-electron chi connectivity index (χ0n) is 15.5. The first-order valence-electron chi connectivity index (χ1n) is 8.74. The van der Waals surface area contributed by atoms with E-state index in [0.29, 0.717) is 17.1 Å². The Balaban J connectivity index is 1.48. The fourth-order valence-electron chi connectivity index (χ4n) is 3.13. The maximum Gasteiger partial charge on any atom is 0.352 e.